The van der Waals surface area contributed by atoms with Crippen LogP contribution in [0, 0.1) is 0 Å². The molecule has 38 heavy (non-hydrogen) atoms. The van der Waals surface area contributed by atoms with Crippen LogP contribution in [0.15, 0.2) is 36.4 Å². The van der Waals surface area contributed by atoms with E-state index in [-0.39, 0.29) is 0 Å². The molecule has 0 spiro atoms. The van der Waals surface area contributed by atoms with Gasteiger partial charge in [0.05, 0.1) is 13.2 Å². The van der Waals surface area contributed by atoms with E-state index in [2.05, 4.69) is 36.1 Å². The Kier molecular flexibility index (Phi) is 13.0. The van der Waals surface area contributed by atoms with E-state index >= 15 is 0 Å². The van der Waals surface area contributed by atoms with Crippen LogP contribution in [0.1, 0.15) is 51.4 Å². The monoisotopic (exact) mass is 598 g/mol. The fourth-order valence-corrected chi connectivity index (χ4v) is 7.98. The van der Waals surface area contributed by atoms with Crippen molar-refractivity contribution in [1.29, 1.82) is 0 Å². The maximum Gasteiger partial charge on any atom is 0.231 e. The fraction of sp³-hybridized carbons (Fsp3) is 0.571. The molecular formula is C28H38O6S4. The van der Waals surface area contributed by atoms with E-state index in [0.29, 0.717) is 18.8 Å². The molecule has 5 rings (SSSR count). The molecule has 0 amide bonds. The molecule has 210 valence electrons. The maximum absolute atomic E-state index is 5.75. The maximum atomic E-state index is 5.75. The normalized spacial score (nSPS) is 17.6. The zero-order valence-electron chi connectivity index (χ0n) is 21.7. The van der Waals surface area contributed by atoms with Gasteiger partial charge in [0.15, 0.2) is 23.0 Å². The molecule has 3 aliphatic heterocycles. The fourth-order valence-electron chi connectivity index (χ4n) is 4.13. The van der Waals surface area contributed by atoms with Crippen molar-refractivity contribution in [3.05, 3.63) is 36.4 Å². The van der Waals surface area contributed by atoms with Crippen LogP contribution in [0.3, 0.4) is 0 Å². The number of thiol groups is 2. The number of rotatable bonds is 14. The zero-order valence-corrected chi connectivity index (χ0v) is 25.1. The van der Waals surface area contributed by atoms with E-state index in [1.165, 1.54) is 25.0 Å². The van der Waals surface area contributed by atoms with Gasteiger partial charge in [0, 0.05) is 28.4 Å². The Balaban J connectivity index is 0.000000177. The van der Waals surface area contributed by atoms with E-state index < -0.39 is 0 Å². The number of unbranched alkanes of at least 4 members (excludes halogenated alkanes) is 2. The molecule has 0 radical (unpaired) electrons. The molecule has 0 saturated carbocycles. The van der Waals surface area contributed by atoms with Gasteiger partial charge in [0.25, 0.3) is 0 Å². The smallest absolute Gasteiger partial charge is 0.231 e. The van der Waals surface area contributed by atoms with Crippen LogP contribution in [-0.2, 0) is 0 Å². The molecule has 10 heteroatoms. The average Bonchev–Trinajstić information content (AvgIpc) is 3.70. The number of hydrogen-bond acceptors (Lipinski definition) is 10. The SMILES string of the molecule is SCCC(S)CCCCOc1ccc2c(c1)OCO2.c1cc2c(cc1OCCCCC1CCSS1)OCO2. The zero-order chi connectivity index (χ0) is 26.4. The minimum atomic E-state index is 0.299. The van der Waals surface area contributed by atoms with Crippen molar-refractivity contribution in [2.45, 2.75) is 61.9 Å². The van der Waals surface area contributed by atoms with Crippen molar-refractivity contribution in [1.82, 2.24) is 0 Å². The lowest BCUT2D eigenvalue weighted by Gasteiger charge is -2.09. The van der Waals surface area contributed by atoms with Gasteiger partial charge in [0.1, 0.15) is 11.5 Å². The summed E-state index contributed by atoms with van der Waals surface area (Å²) in [5, 5.41) is 1.33. The summed E-state index contributed by atoms with van der Waals surface area (Å²) >= 11 is 8.71. The first-order valence-corrected chi connectivity index (χ1v) is 16.9. The molecule has 0 N–H and O–H groups in total. The molecule has 6 nitrogen and oxygen atoms in total. The van der Waals surface area contributed by atoms with Crippen molar-refractivity contribution in [2.75, 3.05) is 38.3 Å². The van der Waals surface area contributed by atoms with Crippen molar-refractivity contribution in [2.24, 2.45) is 0 Å². The molecule has 1 saturated heterocycles. The van der Waals surface area contributed by atoms with E-state index in [1.807, 2.05) is 47.2 Å². The van der Waals surface area contributed by atoms with E-state index in [1.54, 1.807) is 0 Å². The van der Waals surface area contributed by atoms with Gasteiger partial charge >= 0.3 is 0 Å². The molecule has 0 aliphatic carbocycles. The van der Waals surface area contributed by atoms with E-state index in [4.69, 9.17) is 28.4 Å². The summed E-state index contributed by atoms with van der Waals surface area (Å²) in [6, 6.07) is 11.4. The number of ether oxygens (including phenoxy) is 6. The van der Waals surface area contributed by atoms with Gasteiger partial charge in [-0.05, 0) is 81.4 Å². The minimum Gasteiger partial charge on any atom is -0.493 e. The molecule has 2 aromatic carbocycles. The molecule has 3 aliphatic rings. The summed E-state index contributed by atoms with van der Waals surface area (Å²) in [6.07, 6.45) is 9.42. The second-order valence-corrected chi connectivity index (χ2v) is 13.2. The average molecular weight is 599 g/mol. The third kappa shape index (κ3) is 9.99. The Morgan fingerprint density at radius 1 is 0.789 bits per heavy atom. The molecule has 2 aromatic rings. The van der Waals surface area contributed by atoms with Crippen molar-refractivity contribution in [3.63, 3.8) is 0 Å². The lowest BCUT2D eigenvalue weighted by atomic mass is 10.1. The van der Waals surface area contributed by atoms with Crippen molar-refractivity contribution in [3.8, 4) is 34.5 Å². The minimum absolute atomic E-state index is 0.299. The Morgan fingerprint density at radius 2 is 1.39 bits per heavy atom. The lowest BCUT2D eigenvalue weighted by Crippen LogP contribution is -2.02. The Hall–Kier alpha value is -1.36. The van der Waals surface area contributed by atoms with Crippen LogP contribution in [0.25, 0.3) is 0 Å². The predicted molar refractivity (Wildman–Crippen MR) is 164 cm³/mol. The summed E-state index contributed by atoms with van der Waals surface area (Å²) < 4.78 is 32.6. The van der Waals surface area contributed by atoms with Crippen molar-refractivity contribution >= 4 is 46.8 Å². The van der Waals surface area contributed by atoms with Gasteiger partial charge in [0.2, 0.25) is 13.6 Å². The van der Waals surface area contributed by atoms with Gasteiger partial charge in [-0.3, -0.25) is 0 Å². The van der Waals surface area contributed by atoms with E-state index in [0.717, 1.165) is 90.8 Å². The first kappa shape index (κ1) is 29.6. The lowest BCUT2D eigenvalue weighted by molar-refractivity contribution is 0.173. The highest BCUT2D eigenvalue weighted by molar-refractivity contribution is 8.77. The molecule has 1 fully saturated rings. The second kappa shape index (κ2) is 16.7. The van der Waals surface area contributed by atoms with Crippen LogP contribution in [-0.4, -0.2) is 48.8 Å². The van der Waals surface area contributed by atoms with Crippen LogP contribution in [0.4, 0.5) is 0 Å². The van der Waals surface area contributed by atoms with Crippen LogP contribution < -0.4 is 28.4 Å². The Labute approximate surface area is 245 Å². The van der Waals surface area contributed by atoms with Gasteiger partial charge in [-0.15, -0.1) is 0 Å². The highest BCUT2D eigenvalue weighted by Gasteiger charge is 2.16. The standard InChI is InChI=1S/C14H18O3S2.C14H20O3S2/c1(3-12-6-8-18-19-12)2-7-15-11-4-5-13-14(9-11)17-10-16-13;18-8-6-12(19)3-1-2-7-15-11-4-5-13-14(9-11)17-10-16-13/h4-5,9,12H,1-3,6-8,10H2;4-5,9,12,18-19H,1-3,6-8,10H2. The largest absolute Gasteiger partial charge is 0.493 e. The summed E-state index contributed by atoms with van der Waals surface area (Å²) in [6.45, 7) is 2.12. The molecule has 0 aromatic heterocycles. The van der Waals surface area contributed by atoms with E-state index in [9.17, 15) is 0 Å². The highest BCUT2D eigenvalue weighted by Crippen LogP contribution is 2.40. The van der Waals surface area contributed by atoms with Crippen molar-refractivity contribution < 1.29 is 28.4 Å². The summed E-state index contributed by atoms with van der Waals surface area (Å²) in [4.78, 5) is 0. The summed E-state index contributed by atoms with van der Waals surface area (Å²) in [7, 11) is 4.07. The highest BCUT2D eigenvalue weighted by atomic mass is 33.1. The van der Waals surface area contributed by atoms with Gasteiger partial charge in [-0.2, -0.15) is 25.3 Å². The summed E-state index contributed by atoms with van der Waals surface area (Å²) in [5.41, 5.74) is 0. The van der Waals surface area contributed by atoms with Gasteiger partial charge in [-0.1, -0.05) is 21.6 Å². The number of fused-ring (bicyclic) bond motifs is 2. The first-order valence-electron chi connectivity index (χ1n) is 13.3. The Morgan fingerprint density at radius 3 is 1.97 bits per heavy atom. The second-order valence-electron chi connectivity index (χ2n) is 9.21. The molecule has 2 atom stereocenters. The van der Waals surface area contributed by atoms with Gasteiger partial charge in [-0.25, -0.2) is 0 Å². The predicted octanol–water partition coefficient (Wildman–Crippen LogP) is 7.70. The Bertz CT molecular complexity index is 972. The molecule has 0 bridgehead atoms. The number of benzene rings is 2. The van der Waals surface area contributed by atoms with Crippen LogP contribution in [0.2, 0.25) is 0 Å². The third-order valence-corrected chi connectivity index (χ3v) is 10.0. The quantitative estimate of drug-likeness (QED) is 0.130. The molecular weight excluding hydrogens is 561 g/mol. The summed E-state index contributed by atoms with van der Waals surface area (Å²) in [5.74, 6) is 7.08. The van der Waals surface area contributed by atoms with Crippen LogP contribution in [0.5, 0.6) is 34.5 Å². The van der Waals surface area contributed by atoms with Gasteiger partial charge < -0.3 is 28.4 Å². The molecule has 3 heterocycles. The molecule has 2 unspecified atom stereocenters. The topological polar surface area (TPSA) is 55.4 Å². The first-order chi connectivity index (χ1) is 18.7. The third-order valence-electron chi connectivity index (χ3n) is 6.27. The number of hydrogen-bond donors (Lipinski definition) is 2. The van der Waals surface area contributed by atoms with Crippen LogP contribution >= 0.6 is 46.8 Å².